The molecule has 0 N–H and O–H groups in total. The van der Waals surface area contributed by atoms with Gasteiger partial charge in [0.05, 0.1) is 6.42 Å². The summed E-state index contributed by atoms with van der Waals surface area (Å²) in [5.74, 6) is -3.50. The predicted molar refractivity (Wildman–Crippen MR) is 186 cm³/mol. The lowest BCUT2D eigenvalue weighted by molar-refractivity contribution is -0.143. The van der Waals surface area contributed by atoms with Crippen molar-refractivity contribution in [3.05, 3.63) is 108 Å². The van der Waals surface area contributed by atoms with Gasteiger partial charge in [0.15, 0.2) is 11.5 Å². The number of halogens is 1. The molecule has 9 heteroatoms. The molecule has 0 spiro atoms. The van der Waals surface area contributed by atoms with Crippen LogP contribution in [0.15, 0.2) is 97.1 Å². The number of hydrogen-bond donors (Lipinski definition) is 0. The zero-order chi connectivity index (χ0) is 34.0. The Bertz CT molecular complexity index is 1730. The molecular formula is C39H41ClO8. The minimum atomic E-state index is -1.31. The van der Waals surface area contributed by atoms with Crippen LogP contribution in [0.1, 0.15) is 57.4 Å². The first kappa shape index (κ1) is 35.0. The van der Waals surface area contributed by atoms with E-state index in [1.54, 1.807) is 42.5 Å². The summed E-state index contributed by atoms with van der Waals surface area (Å²) in [5, 5.41) is 1.19. The van der Waals surface area contributed by atoms with Crippen molar-refractivity contribution in [2.24, 2.45) is 0 Å². The quantitative estimate of drug-likeness (QED) is 0.0684. The number of unbranched alkanes of at least 4 members (excludes halogenated alkanes) is 3. The van der Waals surface area contributed by atoms with Crippen LogP contribution in [0.4, 0.5) is 0 Å². The van der Waals surface area contributed by atoms with E-state index in [0.29, 0.717) is 35.1 Å². The molecule has 2 aliphatic rings. The Kier molecular flexibility index (Phi) is 11.8. The maximum absolute atomic E-state index is 13.6. The van der Waals surface area contributed by atoms with Crippen molar-refractivity contribution in [1.29, 1.82) is 0 Å². The van der Waals surface area contributed by atoms with Crippen LogP contribution in [0.25, 0.3) is 10.8 Å². The molecule has 252 valence electrons. The summed E-state index contributed by atoms with van der Waals surface area (Å²) in [6.45, 7) is 2.11. The van der Waals surface area contributed by atoms with Crippen molar-refractivity contribution >= 4 is 34.3 Å². The standard InChI is InChI=1S/C39H41ClO8/c1-4-5-6-12-19-32(41)45-35-31-27-29(40)20-21-30(31)34(46-33(42)26-28-17-10-7-11-18-28)36(47-38(43-2)22-13-8-14-23-38)37(35)48-39(44-3)24-15-9-16-25-39/h7-11,13-18,20-22,24,27H,4-6,12,19,23,25-26H2,1-3H3. The van der Waals surface area contributed by atoms with E-state index in [1.807, 2.05) is 54.6 Å². The molecule has 3 aromatic carbocycles. The molecular weight excluding hydrogens is 632 g/mol. The van der Waals surface area contributed by atoms with Crippen molar-refractivity contribution in [1.82, 2.24) is 0 Å². The third-order valence-electron chi connectivity index (χ3n) is 8.19. The van der Waals surface area contributed by atoms with Gasteiger partial charge in [0.25, 0.3) is 0 Å². The number of methoxy groups -OCH3 is 2. The Hall–Kier alpha value is -4.37. The second-order valence-corrected chi connectivity index (χ2v) is 12.1. The Morgan fingerprint density at radius 1 is 0.708 bits per heavy atom. The lowest BCUT2D eigenvalue weighted by Crippen LogP contribution is -2.39. The van der Waals surface area contributed by atoms with E-state index in [-0.39, 0.29) is 35.8 Å². The number of rotatable bonds is 15. The highest BCUT2D eigenvalue weighted by atomic mass is 35.5. The molecule has 0 radical (unpaired) electrons. The highest BCUT2D eigenvalue weighted by Crippen LogP contribution is 2.55. The largest absolute Gasteiger partial charge is 0.450 e. The number of carbonyl (C=O) groups excluding carboxylic acids is 2. The second kappa shape index (κ2) is 16.2. The second-order valence-electron chi connectivity index (χ2n) is 11.6. The summed E-state index contributed by atoms with van der Waals surface area (Å²) >= 11 is 6.55. The van der Waals surface area contributed by atoms with Gasteiger partial charge in [-0.1, -0.05) is 105 Å². The normalized spacial score (nSPS) is 19.8. The van der Waals surface area contributed by atoms with E-state index in [4.69, 9.17) is 40.0 Å². The zero-order valence-electron chi connectivity index (χ0n) is 27.5. The van der Waals surface area contributed by atoms with Crippen LogP contribution in [-0.2, 0) is 25.5 Å². The third kappa shape index (κ3) is 8.37. The first-order chi connectivity index (χ1) is 23.3. The number of ether oxygens (including phenoxy) is 6. The van der Waals surface area contributed by atoms with Crippen LogP contribution in [0.2, 0.25) is 5.02 Å². The molecule has 0 saturated heterocycles. The number of hydrogen-bond acceptors (Lipinski definition) is 8. The van der Waals surface area contributed by atoms with E-state index in [0.717, 1.165) is 24.8 Å². The lowest BCUT2D eigenvalue weighted by atomic mass is 10.0. The van der Waals surface area contributed by atoms with Crippen LogP contribution in [0.3, 0.4) is 0 Å². The number of fused-ring (bicyclic) bond motifs is 1. The minimum Gasteiger partial charge on any atom is -0.450 e. The smallest absolute Gasteiger partial charge is 0.315 e. The summed E-state index contributed by atoms with van der Waals surface area (Å²) in [5.41, 5.74) is 0.772. The molecule has 0 heterocycles. The van der Waals surface area contributed by atoms with E-state index in [2.05, 4.69) is 6.92 Å². The molecule has 0 aromatic heterocycles. The molecule has 0 amide bonds. The van der Waals surface area contributed by atoms with Crippen LogP contribution in [-0.4, -0.2) is 37.7 Å². The van der Waals surface area contributed by atoms with Gasteiger partial charge in [-0.05, 0) is 42.3 Å². The van der Waals surface area contributed by atoms with Crippen molar-refractivity contribution < 1.29 is 38.0 Å². The summed E-state index contributed by atoms with van der Waals surface area (Å²) in [6, 6.07) is 14.3. The van der Waals surface area contributed by atoms with Gasteiger partial charge >= 0.3 is 11.9 Å². The van der Waals surface area contributed by atoms with Gasteiger partial charge < -0.3 is 28.4 Å². The predicted octanol–water partition coefficient (Wildman–Crippen LogP) is 8.99. The average molecular weight is 673 g/mol. The number of benzene rings is 3. The van der Waals surface area contributed by atoms with Gasteiger partial charge in [-0.3, -0.25) is 9.59 Å². The summed E-state index contributed by atoms with van der Waals surface area (Å²) in [7, 11) is 3.04. The van der Waals surface area contributed by atoms with Crippen molar-refractivity contribution in [2.45, 2.75) is 69.9 Å². The van der Waals surface area contributed by atoms with Crippen molar-refractivity contribution in [2.75, 3.05) is 14.2 Å². The van der Waals surface area contributed by atoms with Gasteiger partial charge in [-0.25, -0.2) is 0 Å². The summed E-state index contributed by atoms with van der Waals surface area (Å²) in [6.07, 6.45) is 19.1. The molecule has 8 nitrogen and oxygen atoms in total. The summed E-state index contributed by atoms with van der Waals surface area (Å²) in [4.78, 5) is 27.1. The molecule has 0 aliphatic heterocycles. The number of esters is 2. The first-order valence-corrected chi connectivity index (χ1v) is 16.6. The number of allylic oxidation sites excluding steroid dienone is 4. The van der Waals surface area contributed by atoms with Crippen LogP contribution in [0.5, 0.6) is 23.0 Å². The molecule has 0 fully saturated rings. The topological polar surface area (TPSA) is 89.5 Å². The molecule has 2 aliphatic carbocycles. The van der Waals surface area contributed by atoms with E-state index >= 15 is 0 Å². The molecule has 3 aromatic rings. The highest BCUT2D eigenvalue weighted by Gasteiger charge is 2.39. The molecule has 48 heavy (non-hydrogen) atoms. The Balaban J connectivity index is 1.73. The molecule has 2 atom stereocenters. The van der Waals surface area contributed by atoms with Gasteiger partial charge in [0.2, 0.25) is 23.1 Å². The van der Waals surface area contributed by atoms with E-state index in [9.17, 15) is 9.59 Å². The van der Waals surface area contributed by atoms with E-state index < -0.39 is 23.5 Å². The van der Waals surface area contributed by atoms with Crippen LogP contribution >= 0.6 is 11.6 Å². The van der Waals surface area contributed by atoms with Gasteiger partial charge in [-0.2, -0.15) is 0 Å². The van der Waals surface area contributed by atoms with Gasteiger partial charge in [-0.15, -0.1) is 0 Å². The number of carbonyl (C=O) groups is 2. The molecule has 5 rings (SSSR count). The summed E-state index contributed by atoms with van der Waals surface area (Å²) < 4.78 is 37.6. The maximum atomic E-state index is 13.6. The fourth-order valence-electron chi connectivity index (χ4n) is 5.56. The fraction of sp³-hybridized carbons (Fsp3) is 0.333. The van der Waals surface area contributed by atoms with E-state index in [1.165, 1.54) is 14.2 Å². The van der Waals surface area contributed by atoms with Gasteiger partial charge in [0, 0.05) is 49.3 Å². The first-order valence-electron chi connectivity index (χ1n) is 16.2. The maximum Gasteiger partial charge on any atom is 0.315 e. The van der Waals surface area contributed by atoms with Gasteiger partial charge in [0.1, 0.15) is 0 Å². The van der Waals surface area contributed by atoms with Crippen LogP contribution < -0.4 is 18.9 Å². The van der Waals surface area contributed by atoms with Crippen LogP contribution in [0, 0.1) is 0 Å². The molecule has 0 saturated carbocycles. The fourth-order valence-corrected chi connectivity index (χ4v) is 5.73. The Labute approximate surface area is 286 Å². The lowest BCUT2D eigenvalue weighted by Gasteiger charge is -2.35. The SMILES string of the molecule is CCCCCCC(=O)Oc1c(OC2(OC)C=CC=CC2)c(OC2(OC)C=CC=CC2)c(OC(=O)Cc2ccccc2)c2ccc(Cl)cc12. The average Bonchev–Trinajstić information content (AvgIpc) is 3.11. The monoisotopic (exact) mass is 672 g/mol. The minimum absolute atomic E-state index is 0.00111. The van der Waals surface area contributed by atoms with Crippen molar-refractivity contribution in [3.8, 4) is 23.0 Å². The highest BCUT2D eigenvalue weighted by molar-refractivity contribution is 6.31. The zero-order valence-corrected chi connectivity index (χ0v) is 28.3. The van der Waals surface area contributed by atoms with Crippen molar-refractivity contribution in [3.63, 3.8) is 0 Å². The molecule has 0 bridgehead atoms. The molecule has 2 unspecified atom stereocenters. The Morgan fingerprint density at radius 2 is 1.31 bits per heavy atom. The Morgan fingerprint density at radius 3 is 1.88 bits per heavy atom. The third-order valence-corrected chi connectivity index (χ3v) is 8.42.